The minimum absolute atomic E-state index is 0.412. The van der Waals surface area contributed by atoms with Gasteiger partial charge in [0.2, 0.25) is 0 Å². The van der Waals surface area contributed by atoms with Crippen LogP contribution in [0.15, 0.2) is 17.4 Å². The molecule has 0 aromatic heterocycles. The van der Waals surface area contributed by atoms with E-state index in [1.165, 1.54) is 0 Å². The summed E-state index contributed by atoms with van der Waals surface area (Å²) in [7, 11) is 0.656. The SMILES string of the molecule is C=C(BC)N=O. The van der Waals surface area contributed by atoms with E-state index in [0.29, 0.717) is 12.9 Å². The first-order chi connectivity index (χ1) is 2.81. The van der Waals surface area contributed by atoms with Crippen molar-refractivity contribution < 1.29 is 0 Å². The highest BCUT2D eigenvalue weighted by atomic mass is 16.3. The molecule has 0 aliphatic carbocycles. The van der Waals surface area contributed by atoms with Crippen molar-refractivity contribution in [2.45, 2.75) is 6.82 Å². The van der Waals surface area contributed by atoms with Crippen molar-refractivity contribution >= 4 is 7.28 Å². The van der Waals surface area contributed by atoms with Gasteiger partial charge < -0.3 is 0 Å². The molecule has 0 aliphatic rings. The molecule has 6 heavy (non-hydrogen) atoms. The van der Waals surface area contributed by atoms with Gasteiger partial charge in [0.15, 0.2) is 7.28 Å². The molecule has 0 heterocycles. The molecule has 0 atom stereocenters. The van der Waals surface area contributed by atoms with Crippen molar-refractivity contribution in [3.8, 4) is 0 Å². The lowest BCUT2D eigenvalue weighted by molar-refractivity contribution is 1.49. The van der Waals surface area contributed by atoms with Crippen molar-refractivity contribution in [2.24, 2.45) is 5.18 Å². The van der Waals surface area contributed by atoms with E-state index < -0.39 is 0 Å². The molecule has 0 radical (unpaired) electrons. The van der Waals surface area contributed by atoms with E-state index >= 15 is 0 Å². The van der Waals surface area contributed by atoms with Crippen LogP contribution in [-0.4, -0.2) is 7.28 Å². The second-order valence-corrected chi connectivity index (χ2v) is 1.01. The van der Waals surface area contributed by atoms with E-state index in [0.717, 1.165) is 0 Å². The van der Waals surface area contributed by atoms with Gasteiger partial charge in [-0.15, -0.1) is 4.91 Å². The van der Waals surface area contributed by atoms with Crippen molar-refractivity contribution in [3.63, 3.8) is 0 Å². The summed E-state index contributed by atoms with van der Waals surface area (Å²) in [6.45, 7) is 5.15. The lowest BCUT2D eigenvalue weighted by atomic mass is 9.79. The van der Waals surface area contributed by atoms with Gasteiger partial charge >= 0.3 is 0 Å². The summed E-state index contributed by atoms with van der Waals surface area (Å²) in [4.78, 5) is 9.39. The zero-order valence-corrected chi connectivity index (χ0v) is 3.77. The van der Waals surface area contributed by atoms with Crippen molar-refractivity contribution in [3.05, 3.63) is 17.1 Å². The summed E-state index contributed by atoms with van der Waals surface area (Å²) in [5.74, 6) is 0. The monoisotopic (exact) mass is 83.1 g/mol. The second kappa shape index (κ2) is 2.63. The van der Waals surface area contributed by atoms with E-state index in [-0.39, 0.29) is 0 Å². The summed E-state index contributed by atoms with van der Waals surface area (Å²) in [6.07, 6.45) is 0. The highest BCUT2D eigenvalue weighted by molar-refractivity contribution is 6.43. The fraction of sp³-hybridized carbons (Fsp3) is 0.333. The first-order valence-corrected chi connectivity index (χ1v) is 1.82. The molecule has 0 aromatic rings. The Morgan fingerprint density at radius 3 is 2.50 bits per heavy atom. The molecule has 0 fully saturated rings. The summed E-state index contributed by atoms with van der Waals surface area (Å²) < 4.78 is 0. The average Bonchev–Trinajstić information content (AvgIpc) is 1.65. The lowest BCUT2D eigenvalue weighted by Crippen LogP contribution is -1.79. The Hall–Kier alpha value is -0.595. The predicted molar refractivity (Wildman–Crippen MR) is 27.9 cm³/mol. The van der Waals surface area contributed by atoms with Gasteiger partial charge in [-0.25, -0.2) is 0 Å². The number of nitroso groups, excluding NO2 is 1. The first-order valence-electron chi connectivity index (χ1n) is 1.82. The maximum atomic E-state index is 9.39. The second-order valence-electron chi connectivity index (χ2n) is 1.01. The summed E-state index contributed by atoms with van der Waals surface area (Å²) in [5.41, 5.74) is 0.412. The van der Waals surface area contributed by atoms with Gasteiger partial charge in [-0.3, -0.25) is 0 Å². The third-order valence-corrected chi connectivity index (χ3v) is 0.537. The molecule has 0 rings (SSSR count). The van der Waals surface area contributed by atoms with Gasteiger partial charge in [0.05, 0.1) is 0 Å². The maximum absolute atomic E-state index is 9.39. The lowest BCUT2D eigenvalue weighted by Gasteiger charge is -1.74. The van der Waals surface area contributed by atoms with Crippen molar-refractivity contribution in [1.82, 2.24) is 0 Å². The molecule has 0 bridgehead atoms. The van der Waals surface area contributed by atoms with Crippen LogP contribution >= 0.6 is 0 Å². The molecule has 0 unspecified atom stereocenters. The summed E-state index contributed by atoms with van der Waals surface area (Å²) in [5, 5.41) is 2.56. The highest BCUT2D eigenvalue weighted by Crippen LogP contribution is 1.82. The minimum atomic E-state index is 0.412. The molecular formula is C3H6BNO. The van der Waals surface area contributed by atoms with E-state index in [2.05, 4.69) is 11.8 Å². The van der Waals surface area contributed by atoms with Crippen LogP contribution in [0.4, 0.5) is 0 Å². The number of rotatable bonds is 2. The van der Waals surface area contributed by atoms with Crippen molar-refractivity contribution in [1.29, 1.82) is 0 Å². The molecule has 32 valence electrons. The van der Waals surface area contributed by atoms with Crippen LogP contribution in [0.1, 0.15) is 0 Å². The smallest absolute Gasteiger partial charge is 0.146 e. The van der Waals surface area contributed by atoms with Gasteiger partial charge in [-0.2, -0.15) is 0 Å². The molecule has 2 nitrogen and oxygen atoms in total. The average molecular weight is 82.9 g/mol. The molecule has 0 aliphatic heterocycles. The topological polar surface area (TPSA) is 29.4 Å². The molecule has 0 saturated heterocycles. The van der Waals surface area contributed by atoms with Crippen LogP contribution in [0.5, 0.6) is 0 Å². The van der Waals surface area contributed by atoms with E-state index in [4.69, 9.17) is 0 Å². The van der Waals surface area contributed by atoms with Crippen molar-refractivity contribution in [2.75, 3.05) is 0 Å². The summed E-state index contributed by atoms with van der Waals surface area (Å²) >= 11 is 0. The van der Waals surface area contributed by atoms with Crippen LogP contribution in [0.25, 0.3) is 0 Å². The first kappa shape index (κ1) is 5.40. The Labute approximate surface area is 37.5 Å². The van der Waals surface area contributed by atoms with Crippen LogP contribution < -0.4 is 0 Å². The van der Waals surface area contributed by atoms with Crippen LogP contribution in [0, 0.1) is 4.91 Å². The maximum Gasteiger partial charge on any atom is 0.183 e. The molecule has 0 spiro atoms. The minimum Gasteiger partial charge on any atom is -0.146 e. The van der Waals surface area contributed by atoms with E-state index in [1.54, 1.807) is 0 Å². The largest absolute Gasteiger partial charge is 0.183 e. The fourth-order valence-corrected chi connectivity index (χ4v) is 0.0645. The number of hydrogen-bond acceptors (Lipinski definition) is 2. The molecule has 0 saturated carbocycles. The Balaban J connectivity index is 3.23. The zero-order valence-electron chi connectivity index (χ0n) is 3.77. The predicted octanol–water partition coefficient (Wildman–Crippen LogP) is 0.709. The quantitative estimate of drug-likeness (QED) is 0.357. The standard InChI is InChI=1S/C3H6BNO/c1-3(4-2)5-6/h4H,1H2,2H3. The third kappa shape index (κ3) is 1.70. The Kier molecular flexibility index (Phi) is 2.37. The van der Waals surface area contributed by atoms with Gasteiger partial charge in [0, 0.05) is 5.60 Å². The molecule has 0 aromatic carbocycles. The zero-order chi connectivity index (χ0) is 4.99. The molecular weight excluding hydrogens is 76.9 g/mol. The summed E-state index contributed by atoms with van der Waals surface area (Å²) in [6, 6.07) is 0. The van der Waals surface area contributed by atoms with Crippen LogP contribution in [-0.2, 0) is 0 Å². The molecule has 0 amide bonds. The van der Waals surface area contributed by atoms with Crippen LogP contribution in [0.3, 0.4) is 0 Å². The number of hydrogen-bond donors (Lipinski definition) is 0. The fourth-order valence-electron chi connectivity index (χ4n) is 0.0645. The Morgan fingerprint density at radius 1 is 2.00 bits per heavy atom. The molecule has 0 N–H and O–H groups in total. The number of nitrogens with zero attached hydrogens (tertiary/aromatic N) is 1. The van der Waals surface area contributed by atoms with Gasteiger partial charge in [-0.1, -0.05) is 13.4 Å². The normalized spacial score (nSPS) is 6.83. The molecule has 3 heteroatoms. The van der Waals surface area contributed by atoms with Gasteiger partial charge in [0.25, 0.3) is 0 Å². The van der Waals surface area contributed by atoms with Crippen LogP contribution in [0.2, 0.25) is 6.82 Å². The highest BCUT2D eigenvalue weighted by Gasteiger charge is 1.82. The Bertz CT molecular complexity index is 71.2. The van der Waals surface area contributed by atoms with E-state index in [9.17, 15) is 4.91 Å². The van der Waals surface area contributed by atoms with E-state index in [1.807, 2.05) is 6.82 Å². The van der Waals surface area contributed by atoms with Gasteiger partial charge in [0.1, 0.15) is 0 Å². The van der Waals surface area contributed by atoms with Gasteiger partial charge in [-0.05, 0) is 5.18 Å². The Morgan fingerprint density at radius 2 is 2.50 bits per heavy atom. The third-order valence-electron chi connectivity index (χ3n) is 0.537.